The molecule has 1 unspecified atom stereocenters. The first-order valence-corrected chi connectivity index (χ1v) is 7.86. The summed E-state index contributed by atoms with van der Waals surface area (Å²) < 4.78 is 12.7. The van der Waals surface area contributed by atoms with Gasteiger partial charge in [-0.05, 0) is 13.6 Å². The van der Waals surface area contributed by atoms with E-state index >= 15 is 0 Å². The average molecular weight is 297 g/mol. The molecule has 1 atom stereocenters. The van der Waals surface area contributed by atoms with E-state index in [1.54, 1.807) is 0 Å². The average Bonchev–Trinajstić information content (AvgIpc) is 3.01. The minimum atomic E-state index is -0.790. The molecule has 0 aromatic heterocycles. The van der Waals surface area contributed by atoms with Gasteiger partial charge in [-0.2, -0.15) is 0 Å². The van der Waals surface area contributed by atoms with Crippen molar-refractivity contribution in [3.63, 3.8) is 0 Å². The van der Waals surface area contributed by atoms with E-state index in [1.165, 1.54) is 0 Å². The van der Waals surface area contributed by atoms with E-state index in [4.69, 9.17) is 9.47 Å². The van der Waals surface area contributed by atoms with Crippen LogP contribution in [-0.2, 0) is 15.3 Å². The van der Waals surface area contributed by atoms with Crippen molar-refractivity contribution in [1.82, 2.24) is 4.90 Å². The lowest BCUT2D eigenvalue weighted by Crippen LogP contribution is -2.34. The number of nitrogens with zero attached hydrogens (tertiary/aromatic N) is 1. The van der Waals surface area contributed by atoms with Gasteiger partial charge in [0.1, 0.15) is 0 Å². The van der Waals surface area contributed by atoms with Crippen molar-refractivity contribution in [3.8, 4) is 0 Å². The third kappa shape index (κ3) is 2.93. The standard InChI is InChI=1S/C19H23NO2/c1-3-20(2)14-18-15-21-19(22-18,16-10-6-4-7-11-16)17-12-8-5-9-13-17/h4-13,18H,3,14-15H2,1-2H3. The van der Waals surface area contributed by atoms with E-state index in [2.05, 4.69) is 43.1 Å². The summed E-state index contributed by atoms with van der Waals surface area (Å²) in [5.74, 6) is -0.790. The molecule has 0 bridgehead atoms. The Bertz CT molecular complexity index is 545. The smallest absolute Gasteiger partial charge is 0.222 e. The lowest BCUT2D eigenvalue weighted by Gasteiger charge is -2.29. The van der Waals surface area contributed by atoms with Crippen LogP contribution in [0.3, 0.4) is 0 Å². The summed E-state index contributed by atoms with van der Waals surface area (Å²) in [6.45, 7) is 4.63. The van der Waals surface area contributed by atoms with Gasteiger partial charge in [0.25, 0.3) is 0 Å². The van der Waals surface area contributed by atoms with Gasteiger partial charge in [0, 0.05) is 17.7 Å². The molecule has 22 heavy (non-hydrogen) atoms. The van der Waals surface area contributed by atoms with Crippen LogP contribution >= 0.6 is 0 Å². The Morgan fingerprint density at radius 3 is 2.05 bits per heavy atom. The van der Waals surface area contributed by atoms with Gasteiger partial charge in [0.05, 0.1) is 12.7 Å². The molecule has 3 rings (SSSR count). The molecule has 3 heteroatoms. The van der Waals surface area contributed by atoms with Crippen LogP contribution < -0.4 is 0 Å². The van der Waals surface area contributed by atoms with E-state index < -0.39 is 5.79 Å². The lowest BCUT2D eigenvalue weighted by molar-refractivity contribution is -0.144. The van der Waals surface area contributed by atoms with E-state index in [0.29, 0.717) is 6.61 Å². The number of likely N-dealkylation sites (N-methyl/N-ethyl adjacent to an activating group) is 1. The molecule has 1 fully saturated rings. The number of hydrogen-bond acceptors (Lipinski definition) is 3. The van der Waals surface area contributed by atoms with Crippen molar-refractivity contribution < 1.29 is 9.47 Å². The number of hydrogen-bond donors (Lipinski definition) is 0. The van der Waals surface area contributed by atoms with Crippen LogP contribution in [0.4, 0.5) is 0 Å². The van der Waals surface area contributed by atoms with E-state index in [1.807, 2.05) is 36.4 Å². The first-order valence-electron chi connectivity index (χ1n) is 7.86. The first-order chi connectivity index (χ1) is 10.7. The third-order valence-corrected chi connectivity index (χ3v) is 4.17. The first kappa shape index (κ1) is 15.2. The fraction of sp³-hybridized carbons (Fsp3) is 0.368. The van der Waals surface area contributed by atoms with E-state index in [-0.39, 0.29) is 6.10 Å². The second-order valence-corrected chi connectivity index (χ2v) is 5.75. The monoisotopic (exact) mass is 297 g/mol. The Kier molecular flexibility index (Phi) is 4.57. The SMILES string of the molecule is CCN(C)CC1COC(c2ccccc2)(c2ccccc2)O1. The Morgan fingerprint density at radius 2 is 1.55 bits per heavy atom. The van der Waals surface area contributed by atoms with Crippen LogP contribution in [0, 0.1) is 0 Å². The van der Waals surface area contributed by atoms with Crippen molar-refractivity contribution in [3.05, 3.63) is 71.8 Å². The molecule has 0 N–H and O–H groups in total. The predicted molar refractivity (Wildman–Crippen MR) is 87.7 cm³/mol. The fourth-order valence-electron chi connectivity index (χ4n) is 2.86. The quantitative estimate of drug-likeness (QED) is 0.845. The molecule has 1 heterocycles. The minimum Gasteiger partial charge on any atom is -0.339 e. The van der Waals surface area contributed by atoms with Gasteiger partial charge in [-0.15, -0.1) is 0 Å². The van der Waals surface area contributed by atoms with Crippen molar-refractivity contribution in [2.75, 3.05) is 26.7 Å². The third-order valence-electron chi connectivity index (χ3n) is 4.17. The highest BCUT2D eigenvalue weighted by molar-refractivity contribution is 5.34. The topological polar surface area (TPSA) is 21.7 Å². The summed E-state index contributed by atoms with van der Waals surface area (Å²) in [5.41, 5.74) is 2.09. The van der Waals surface area contributed by atoms with Crippen LogP contribution in [0.2, 0.25) is 0 Å². The second kappa shape index (κ2) is 6.61. The Morgan fingerprint density at radius 1 is 1.00 bits per heavy atom. The van der Waals surface area contributed by atoms with Crippen LogP contribution in [0.25, 0.3) is 0 Å². The Labute approximate surface area is 132 Å². The molecular weight excluding hydrogens is 274 g/mol. The van der Waals surface area contributed by atoms with Crippen molar-refractivity contribution in [1.29, 1.82) is 0 Å². The summed E-state index contributed by atoms with van der Waals surface area (Å²) in [7, 11) is 2.11. The molecular formula is C19H23NO2. The van der Waals surface area contributed by atoms with Crippen LogP contribution in [-0.4, -0.2) is 37.7 Å². The molecule has 0 radical (unpaired) electrons. The Balaban J connectivity index is 1.93. The van der Waals surface area contributed by atoms with Gasteiger partial charge in [-0.1, -0.05) is 67.6 Å². The molecule has 0 spiro atoms. The fourth-order valence-corrected chi connectivity index (χ4v) is 2.86. The molecule has 1 aliphatic heterocycles. The zero-order valence-electron chi connectivity index (χ0n) is 13.2. The van der Waals surface area contributed by atoms with Crippen molar-refractivity contribution >= 4 is 0 Å². The second-order valence-electron chi connectivity index (χ2n) is 5.75. The number of benzene rings is 2. The largest absolute Gasteiger partial charge is 0.339 e. The predicted octanol–water partition coefficient (Wildman–Crippen LogP) is 3.25. The lowest BCUT2D eigenvalue weighted by atomic mass is 9.97. The molecule has 2 aromatic rings. The highest BCUT2D eigenvalue weighted by Gasteiger charge is 2.44. The highest BCUT2D eigenvalue weighted by Crippen LogP contribution is 2.40. The molecule has 0 amide bonds. The maximum absolute atomic E-state index is 6.43. The molecule has 2 aromatic carbocycles. The van der Waals surface area contributed by atoms with Crippen LogP contribution in [0.5, 0.6) is 0 Å². The van der Waals surface area contributed by atoms with Crippen molar-refractivity contribution in [2.24, 2.45) is 0 Å². The zero-order chi connectivity index (χ0) is 15.4. The van der Waals surface area contributed by atoms with Crippen molar-refractivity contribution in [2.45, 2.75) is 18.8 Å². The van der Waals surface area contributed by atoms with Gasteiger partial charge in [0.15, 0.2) is 0 Å². The summed E-state index contributed by atoms with van der Waals surface area (Å²) in [6, 6.07) is 20.4. The zero-order valence-corrected chi connectivity index (χ0v) is 13.2. The summed E-state index contributed by atoms with van der Waals surface area (Å²) in [6.07, 6.45) is 0.0744. The van der Waals surface area contributed by atoms with Crippen LogP contribution in [0.1, 0.15) is 18.1 Å². The van der Waals surface area contributed by atoms with Crippen LogP contribution in [0.15, 0.2) is 60.7 Å². The molecule has 3 nitrogen and oxygen atoms in total. The van der Waals surface area contributed by atoms with Gasteiger partial charge in [0.2, 0.25) is 5.79 Å². The maximum Gasteiger partial charge on any atom is 0.222 e. The molecule has 1 saturated heterocycles. The highest BCUT2D eigenvalue weighted by atomic mass is 16.7. The van der Waals surface area contributed by atoms with Gasteiger partial charge in [-0.25, -0.2) is 0 Å². The number of rotatable bonds is 5. The molecule has 116 valence electrons. The molecule has 0 aliphatic carbocycles. The van der Waals surface area contributed by atoms with E-state index in [0.717, 1.165) is 24.2 Å². The van der Waals surface area contributed by atoms with Gasteiger partial charge >= 0.3 is 0 Å². The minimum absolute atomic E-state index is 0.0744. The maximum atomic E-state index is 6.43. The summed E-state index contributed by atoms with van der Waals surface area (Å²) in [5, 5.41) is 0. The normalized spacial score (nSPS) is 20.4. The molecule has 0 saturated carbocycles. The summed E-state index contributed by atoms with van der Waals surface area (Å²) >= 11 is 0. The number of ether oxygens (including phenoxy) is 2. The Hall–Kier alpha value is -1.68. The molecule has 1 aliphatic rings. The van der Waals surface area contributed by atoms with E-state index in [9.17, 15) is 0 Å². The van der Waals surface area contributed by atoms with Gasteiger partial charge < -0.3 is 14.4 Å². The summed E-state index contributed by atoms with van der Waals surface area (Å²) in [4.78, 5) is 2.25. The van der Waals surface area contributed by atoms with Gasteiger partial charge in [-0.3, -0.25) is 0 Å².